The summed E-state index contributed by atoms with van der Waals surface area (Å²) in [6.45, 7) is 6.94. The molecule has 0 amide bonds. The molecule has 0 saturated carbocycles. The molecule has 1 spiro atoms. The fourth-order valence-corrected chi connectivity index (χ4v) is 6.03. The van der Waals surface area contributed by atoms with E-state index in [-0.39, 0.29) is 11.9 Å². The molecule has 152 valence electrons. The van der Waals surface area contributed by atoms with Crippen molar-refractivity contribution in [1.29, 1.82) is 0 Å². The minimum Gasteiger partial charge on any atom is -0.395 e. The van der Waals surface area contributed by atoms with E-state index < -0.39 is 11.0 Å². The fourth-order valence-electron chi connectivity index (χ4n) is 4.37. The summed E-state index contributed by atoms with van der Waals surface area (Å²) >= 11 is 1.66. The number of hydrogen-bond donors (Lipinski definition) is 2. The minimum atomic E-state index is -0.550. The van der Waals surface area contributed by atoms with Crippen LogP contribution in [0, 0.1) is 0 Å². The molecule has 2 unspecified atom stereocenters. The van der Waals surface area contributed by atoms with Crippen LogP contribution in [0.2, 0.25) is 0 Å². The highest BCUT2D eigenvalue weighted by Crippen LogP contribution is 2.54. The number of ether oxygens (including phenoxy) is 1. The van der Waals surface area contributed by atoms with Crippen molar-refractivity contribution in [1.82, 2.24) is 0 Å². The number of thioether (sulfide) groups is 1. The molecule has 29 heavy (non-hydrogen) atoms. The normalized spacial score (nSPS) is 27.4. The molecule has 2 aliphatic rings. The average molecular weight is 409 g/mol. The van der Waals surface area contributed by atoms with E-state index in [0.717, 1.165) is 17.6 Å². The van der Waals surface area contributed by atoms with Crippen LogP contribution in [0.25, 0.3) is 12.2 Å². The second-order valence-corrected chi connectivity index (χ2v) is 9.51. The highest BCUT2D eigenvalue weighted by molar-refractivity contribution is 8.00. The summed E-state index contributed by atoms with van der Waals surface area (Å²) in [6.07, 6.45) is 5.75. The Morgan fingerprint density at radius 1 is 1.28 bits per heavy atom. The number of hydrogen-bond acceptors (Lipinski definition) is 4. The van der Waals surface area contributed by atoms with Gasteiger partial charge in [-0.1, -0.05) is 66.8 Å². The molecule has 2 aromatic rings. The van der Waals surface area contributed by atoms with Crippen LogP contribution in [0.4, 0.5) is 0 Å². The monoisotopic (exact) mass is 408 g/mol. The van der Waals surface area contributed by atoms with Crippen molar-refractivity contribution in [3.63, 3.8) is 0 Å². The first-order chi connectivity index (χ1) is 14.0. The largest absolute Gasteiger partial charge is 0.395 e. The van der Waals surface area contributed by atoms with E-state index in [1.807, 2.05) is 19.1 Å². The minimum absolute atomic E-state index is 0.00143. The lowest BCUT2D eigenvalue weighted by Gasteiger charge is -2.39. The van der Waals surface area contributed by atoms with E-state index in [1.165, 1.54) is 21.6 Å². The maximum absolute atomic E-state index is 10.4. The van der Waals surface area contributed by atoms with E-state index in [4.69, 9.17) is 4.74 Å². The molecular formula is C25H28O3S. The Hall–Kier alpha value is -1.85. The third-order valence-electron chi connectivity index (χ3n) is 5.74. The summed E-state index contributed by atoms with van der Waals surface area (Å²) in [5.41, 5.74) is 4.56. The molecular weight excluding hydrogens is 380 g/mol. The van der Waals surface area contributed by atoms with Crippen LogP contribution in [-0.2, 0) is 22.7 Å². The predicted molar refractivity (Wildman–Crippen MR) is 120 cm³/mol. The van der Waals surface area contributed by atoms with Gasteiger partial charge in [-0.3, -0.25) is 0 Å². The number of aliphatic hydroxyl groups is 2. The maximum Gasteiger partial charge on any atom is 0.142 e. The number of allylic oxidation sites excluding steroid dienone is 1. The van der Waals surface area contributed by atoms with E-state index in [1.54, 1.807) is 11.8 Å². The van der Waals surface area contributed by atoms with Gasteiger partial charge < -0.3 is 14.9 Å². The lowest BCUT2D eigenvalue weighted by atomic mass is 9.94. The van der Waals surface area contributed by atoms with Crippen LogP contribution in [0.3, 0.4) is 0 Å². The van der Waals surface area contributed by atoms with Crippen LogP contribution in [-0.4, -0.2) is 28.2 Å². The Balaban J connectivity index is 1.61. The van der Waals surface area contributed by atoms with Gasteiger partial charge in [0.15, 0.2) is 0 Å². The molecule has 0 aromatic heterocycles. The molecule has 1 fully saturated rings. The van der Waals surface area contributed by atoms with E-state index in [9.17, 15) is 10.2 Å². The van der Waals surface area contributed by atoms with E-state index in [0.29, 0.717) is 19.4 Å². The van der Waals surface area contributed by atoms with Crippen LogP contribution in [0.1, 0.15) is 36.5 Å². The summed E-state index contributed by atoms with van der Waals surface area (Å²) in [4.78, 5) is -0.550. The van der Waals surface area contributed by atoms with Gasteiger partial charge in [-0.15, -0.1) is 11.8 Å². The maximum atomic E-state index is 10.4. The van der Waals surface area contributed by atoms with E-state index in [2.05, 4.69) is 49.1 Å². The number of fused-ring (bicyclic) bond motifs is 2. The van der Waals surface area contributed by atoms with Crippen molar-refractivity contribution < 1.29 is 14.9 Å². The molecule has 0 bridgehead atoms. The molecule has 2 N–H and O–H groups in total. The van der Waals surface area contributed by atoms with Gasteiger partial charge in [0.1, 0.15) is 4.93 Å². The van der Waals surface area contributed by atoms with Crippen molar-refractivity contribution in [2.75, 3.05) is 6.61 Å². The summed E-state index contributed by atoms with van der Waals surface area (Å²) in [7, 11) is 0. The highest BCUT2D eigenvalue weighted by Gasteiger charge is 2.47. The summed E-state index contributed by atoms with van der Waals surface area (Å²) in [5, 5.41) is 22.4. The highest BCUT2D eigenvalue weighted by atomic mass is 32.2. The summed E-state index contributed by atoms with van der Waals surface area (Å²) in [6, 6.07) is 14.8. The number of benzene rings is 2. The van der Waals surface area contributed by atoms with Crippen LogP contribution < -0.4 is 10.4 Å². The van der Waals surface area contributed by atoms with Crippen LogP contribution in [0.15, 0.2) is 54.6 Å². The van der Waals surface area contributed by atoms with Crippen molar-refractivity contribution in [2.45, 2.75) is 49.1 Å². The third-order valence-corrected chi connectivity index (χ3v) is 7.30. The zero-order valence-electron chi connectivity index (χ0n) is 16.8. The molecule has 0 aliphatic carbocycles. The molecule has 4 heteroatoms. The van der Waals surface area contributed by atoms with Crippen LogP contribution in [0.5, 0.6) is 0 Å². The van der Waals surface area contributed by atoms with E-state index >= 15 is 0 Å². The molecule has 2 aliphatic heterocycles. The lowest BCUT2D eigenvalue weighted by molar-refractivity contribution is -0.0140. The quantitative estimate of drug-likeness (QED) is 0.817. The van der Waals surface area contributed by atoms with Gasteiger partial charge in [0, 0.05) is 11.7 Å². The number of rotatable bonds is 4. The Morgan fingerprint density at radius 2 is 2.07 bits per heavy atom. The van der Waals surface area contributed by atoms with Gasteiger partial charge in [0.05, 0.1) is 19.3 Å². The van der Waals surface area contributed by atoms with Gasteiger partial charge in [-0.2, -0.15) is 0 Å². The third kappa shape index (κ3) is 4.22. The molecule has 3 atom stereocenters. The van der Waals surface area contributed by atoms with Gasteiger partial charge >= 0.3 is 0 Å². The first kappa shape index (κ1) is 20.4. The Labute approximate surface area is 176 Å². The molecule has 2 aromatic carbocycles. The topological polar surface area (TPSA) is 49.7 Å². The SMILES string of the molecule is C=C(/C=c1/cccc/c1=C/C)Cc1ccc2c(c1)[C@]1(CC(O)CC(CO)S1)OC2. The Morgan fingerprint density at radius 3 is 2.83 bits per heavy atom. The van der Waals surface area contributed by atoms with Gasteiger partial charge in [-0.25, -0.2) is 0 Å². The Bertz CT molecular complexity index is 1030. The van der Waals surface area contributed by atoms with Crippen molar-refractivity contribution >= 4 is 23.9 Å². The first-order valence-corrected chi connectivity index (χ1v) is 11.0. The molecule has 2 heterocycles. The smallest absolute Gasteiger partial charge is 0.142 e. The van der Waals surface area contributed by atoms with Crippen molar-refractivity contribution in [3.8, 4) is 0 Å². The van der Waals surface area contributed by atoms with Gasteiger partial charge in [-0.05, 0) is 46.9 Å². The molecule has 4 rings (SSSR count). The predicted octanol–water partition coefficient (Wildman–Crippen LogP) is 3.00. The summed E-state index contributed by atoms with van der Waals surface area (Å²) < 4.78 is 6.20. The second-order valence-electron chi connectivity index (χ2n) is 7.95. The molecule has 3 nitrogen and oxygen atoms in total. The van der Waals surface area contributed by atoms with Crippen LogP contribution >= 0.6 is 11.8 Å². The fraction of sp³-hybridized carbons (Fsp3) is 0.360. The second kappa shape index (κ2) is 8.49. The van der Waals surface area contributed by atoms with Gasteiger partial charge in [0.2, 0.25) is 0 Å². The average Bonchev–Trinajstić information content (AvgIpc) is 3.04. The molecule has 0 radical (unpaired) electrons. The van der Waals surface area contributed by atoms with Crippen molar-refractivity contribution in [3.05, 3.63) is 81.7 Å². The Kier molecular flexibility index (Phi) is 5.98. The zero-order valence-corrected chi connectivity index (χ0v) is 17.6. The standard InChI is InChI=1S/C25H28O3S/c1-3-19-6-4-5-7-20(19)11-17(2)10-18-8-9-21-16-28-25(24(21)12-18)14-22(27)13-23(15-26)29-25/h3-9,11-12,22-23,26-27H,2,10,13-16H2,1H3/b19-3-,20-11-/t22?,23?,25-/m1/s1. The van der Waals surface area contributed by atoms with Gasteiger partial charge in [0.25, 0.3) is 0 Å². The zero-order chi connectivity index (χ0) is 20.4. The lowest BCUT2D eigenvalue weighted by Crippen LogP contribution is -2.38. The first-order valence-electron chi connectivity index (χ1n) is 10.2. The van der Waals surface area contributed by atoms with Crippen molar-refractivity contribution in [2.24, 2.45) is 0 Å². The molecule has 1 saturated heterocycles. The number of aliphatic hydroxyl groups excluding tert-OH is 2. The summed E-state index contributed by atoms with van der Waals surface area (Å²) in [5.74, 6) is 0.